The van der Waals surface area contributed by atoms with Crippen LogP contribution in [0.15, 0.2) is 66.7 Å². The maximum atomic E-state index is 13.0. The molecule has 2 bridgehead atoms. The number of hydrogen-bond acceptors (Lipinski definition) is 5. The summed E-state index contributed by atoms with van der Waals surface area (Å²) >= 11 is 0. The molecule has 2 aliphatic carbocycles. The minimum absolute atomic E-state index is 0.0206. The lowest BCUT2D eigenvalue weighted by molar-refractivity contribution is -0.159. The molecule has 2 aromatic carbocycles. The van der Waals surface area contributed by atoms with E-state index in [4.69, 9.17) is 4.74 Å². The van der Waals surface area contributed by atoms with Crippen molar-refractivity contribution in [2.45, 2.75) is 18.7 Å². The van der Waals surface area contributed by atoms with Crippen LogP contribution in [0.3, 0.4) is 0 Å². The normalized spacial score (nSPS) is 25.1. The third-order valence-corrected chi connectivity index (χ3v) is 6.90. The van der Waals surface area contributed by atoms with Gasteiger partial charge in [0.15, 0.2) is 0 Å². The molecule has 0 aromatic heterocycles. The number of ether oxygens (including phenoxy) is 1. The highest BCUT2D eigenvalue weighted by Crippen LogP contribution is 2.52. The first kappa shape index (κ1) is 23.8. The van der Waals surface area contributed by atoms with Crippen LogP contribution in [0.5, 0.6) is 0 Å². The zero-order valence-corrected chi connectivity index (χ0v) is 18.8. The first-order chi connectivity index (χ1) is 17.1. The Morgan fingerprint density at radius 3 is 2.22 bits per heavy atom. The number of imide groups is 1. The van der Waals surface area contributed by atoms with Gasteiger partial charge in [0.05, 0.1) is 17.4 Å². The van der Waals surface area contributed by atoms with Crippen LogP contribution in [0.4, 0.5) is 18.9 Å². The van der Waals surface area contributed by atoms with Crippen LogP contribution in [0.25, 0.3) is 0 Å². The molecule has 36 heavy (non-hydrogen) atoms. The Labute approximate surface area is 203 Å². The largest absolute Gasteiger partial charge is 0.446 e. The highest BCUT2D eigenvalue weighted by Gasteiger charge is 2.59. The number of amides is 3. The van der Waals surface area contributed by atoms with Crippen molar-refractivity contribution in [1.29, 1.82) is 0 Å². The number of anilines is 1. The van der Waals surface area contributed by atoms with Crippen LogP contribution in [0.2, 0.25) is 0 Å². The number of hydrogen-bond donors (Lipinski definition) is 1. The number of rotatable bonds is 6. The van der Waals surface area contributed by atoms with Gasteiger partial charge in [0, 0.05) is 11.3 Å². The van der Waals surface area contributed by atoms with E-state index in [1.54, 1.807) is 18.2 Å². The molecule has 1 saturated heterocycles. The van der Waals surface area contributed by atoms with E-state index in [2.05, 4.69) is 5.32 Å². The number of benzene rings is 2. The Bertz CT molecular complexity index is 1230. The molecule has 1 aliphatic heterocycles. The average Bonchev–Trinajstić information content (AvgIpc) is 3.53. The first-order valence-corrected chi connectivity index (χ1v) is 11.4. The third kappa shape index (κ3) is 4.27. The molecule has 10 heteroatoms. The summed E-state index contributed by atoms with van der Waals surface area (Å²) in [5.74, 6) is -3.71. The molecule has 186 valence electrons. The van der Waals surface area contributed by atoms with Crippen molar-refractivity contribution >= 4 is 29.4 Å². The van der Waals surface area contributed by atoms with E-state index in [9.17, 15) is 32.3 Å². The average molecular weight is 498 g/mol. The van der Waals surface area contributed by atoms with Gasteiger partial charge in [0.1, 0.15) is 6.54 Å². The molecular formula is C26H21F3N2O5. The van der Waals surface area contributed by atoms with E-state index < -0.39 is 59.9 Å². The van der Waals surface area contributed by atoms with Gasteiger partial charge in [0.2, 0.25) is 17.9 Å². The lowest BCUT2D eigenvalue weighted by Gasteiger charge is -2.21. The van der Waals surface area contributed by atoms with Gasteiger partial charge in [-0.1, -0.05) is 48.6 Å². The molecule has 1 heterocycles. The van der Waals surface area contributed by atoms with E-state index in [1.165, 1.54) is 18.2 Å². The summed E-state index contributed by atoms with van der Waals surface area (Å²) in [4.78, 5) is 52.4. The van der Waals surface area contributed by atoms with Gasteiger partial charge in [-0.2, -0.15) is 13.2 Å². The number of allylic oxidation sites excluding steroid dienone is 2. The van der Waals surface area contributed by atoms with Crippen molar-refractivity contribution in [1.82, 2.24) is 4.90 Å². The van der Waals surface area contributed by atoms with E-state index >= 15 is 0 Å². The quantitative estimate of drug-likeness (QED) is 0.372. The summed E-state index contributed by atoms with van der Waals surface area (Å²) in [5.41, 5.74) is -0.811. The molecule has 5 unspecified atom stereocenters. The summed E-state index contributed by atoms with van der Waals surface area (Å²) < 4.78 is 44.5. The number of carbonyl (C=O) groups is 4. The minimum Gasteiger partial charge on any atom is -0.446 e. The lowest BCUT2D eigenvalue weighted by Crippen LogP contribution is -2.39. The van der Waals surface area contributed by atoms with Crippen LogP contribution >= 0.6 is 0 Å². The Balaban J connectivity index is 1.31. The first-order valence-electron chi connectivity index (χ1n) is 11.4. The number of alkyl halides is 3. The van der Waals surface area contributed by atoms with E-state index in [0.717, 1.165) is 29.5 Å². The number of halogens is 3. The van der Waals surface area contributed by atoms with Crippen molar-refractivity contribution in [3.05, 3.63) is 77.9 Å². The summed E-state index contributed by atoms with van der Waals surface area (Å²) in [7, 11) is 0. The lowest BCUT2D eigenvalue weighted by atomic mass is 9.85. The maximum absolute atomic E-state index is 13.0. The smallest absolute Gasteiger partial charge is 0.416 e. The maximum Gasteiger partial charge on any atom is 0.416 e. The summed E-state index contributed by atoms with van der Waals surface area (Å²) in [6.07, 6.45) is -1.51. The SMILES string of the molecule is O=C(CN1C(=O)C2C3C=CC(C3)C2C1=O)OC(C(=O)Nc1cccc(C(F)(F)F)c1)c1ccccc1. The van der Waals surface area contributed by atoms with Gasteiger partial charge < -0.3 is 10.1 Å². The van der Waals surface area contributed by atoms with Crippen LogP contribution in [0, 0.1) is 23.7 Å². The number of fused-ring (bicyclic) bond motifs is 5. The molecule has 2 aromatic rings. The molecule has 1 N–H and O–H groups in total. The Kier molecular flexibility index (Phi) is 5.89. The number of nitrogens with zero attached hydrogens (tertiary/aromatic N) is 1. The van der Waals surface area contributed by atoms with Gasteiger partial charge in [-0.05, 0) is 36.5 Å². The zero-order chi connectivity index (χ0) is 25.6. The molecule has 5 rings (SSSR count). The Hall–Kier alpha value is -3.95. The topological polar surface area (TPSA) is 92.8 Å². The van der Waals surface area contributed by atoms with Gasteiger partial charge in [-0.3, -0.25) is 24.1 Å². The van der Waals surface area contributed by atoms with E-state index in [-0.39, 0.29) is 23.1 Å². The van der Waals surface area contributed by atoms with Crippen molar-refractivity contribution in [2.24, 2.45) is 23.7 Å². The summed E-state index contributed by atoms with van der Waals surface area (Å²) in [6.45, 7) is -0.649. The second-order valence-electron chi connectivity index (χ2n) is 9.11. The summed E-state index contributed by atoms with van der Waals surface area (Å²) in [6, 6.07) is 12.0. The second kappa shape index (κ2) is 8.92. The van der Waals surface area contributed by atoms with Gasteiger partial charge in [0.25, 0.3) is 5.91 Å². The van der Waals surface area contributed by atoms with Crippen molar-refractivity contribution < 1.29 is 37.1 Å². The number of carbonyl (C=O) groups excluding carboxylic acids is 4. The van der Waals surface area contributed by atoms with Gasteiger partial charge in [-0.25, -0.2) is 0 Å². The van der Waals surface area contributed by atoms with Crippen LogP contribution in [-0.2, 0) is 30.1 Å². The van der Waals surface area contributed by atoms with Crippen LogP contribution < -0.4 is 5.32 Å². The van der Waals surface area contributed by atoms with Gasteiger partial charge >= 0.3 is 12.1 Å². The predicted molar refractivity (Wildman–Crippen MR) is 120 cm³/mol. The van der Waals surface area contributed by atoms with Gasteiger partial charge in [-0.15, -0.1) is 0 Å². The molecule has 7 nitrogen and oxygen atoms in total. The van der Waals surface area contributed by atoms with E-state index in [1.807, 2.05) is 12.2 Å². The highest BCUT2D eigenvalue weighted by atomic mass is 19.4. The molecule has 1 saturated carbocycles. The number of nitrogens with one attached hydrogen (secondary N) is 1. The Morgan fingerprint density at radius 2 is 1.61 bits per heavy atom. The standard InChI is InChI=1S/C26H21F3N2O5/c27-26(28,29)17-7-4-8-18(12-17)30-23(33)22(14-5-2-1-3-6-14)36-19(32)13-31-24(34)20-15-9-10-16(11-15)21(20)25(31)35/h1-10,12,15-16,20-22H,11,13H2,(H,30,33). The minimum atomic E-state index is -4.60. The van der Waals surface area contributed by atoms with E-state index in [0.29, 0.717) is 0 Å². The predicted octanol–water partition coefficient (Wildman–Crippen LogP) is 3.74. The second-order valence-corrected chi connectivity index (χ2v) is 9.11. The molecule has 0 radical (unpaired) electrons. The van der Waals surface area contributed by atoms with Crippen molar-refractivity contribution in [3.63, 3.8) is 0 Å². The highest BCUT2D eigenvalue weighted by molar-refractivity contribution is 6.08. The zero-order valence-electron chi connectivity index (χ0n) is 18.8. The molecule has 5 atom stereocenters. The molecule has 3 amide bonds. The monoisotopic (exact) mass is 498 g/mol. The fraction of sp³-hybridized carbons (Fsp3) is 0.308. The fourth-order valence-corrected chi connectivity index (χ4v) is 5.30. The third-order valence-electron chi connectivity index (χ3n) is 6.90. The van der Waals surface area contributed by atoms with Crippen molar-refractivity contribution in [2.75, 3.05) is 11.9 Å². The Morgan fingerprint density at radius 1 is 0.972 bits per heavy atom. The van der Waals surface area contributed by atoms with Crippen LogP contribution in [0.1, 0.15) is 23.7 Å². The fourth-order valence-electron chi connectivity index (χ4n) is 5.30. The number of likely N-dealkylation sites (tertiary alicyclic amines) is 1. The van der Waals surface area contributed by atoms with Crippen molar-refractivity contribution in [3.8, 4) is 0 Å². The van der Waals surface area contributed by atoms with Crippen LogP contribution in [-0.4, -0.2) is 35.1 Å². The molecule has 2 fully saturated rings. The molecular weight excluding hydrogens is 477 g/mol. The molecule has 3 aliphatic rings. The molecule has 0 spiro atoms. The number of esters is 1. The summed E-state index contributed by atoms with van der Waals surface area (Å²) in [5, 5.41) is 2.35.